The Morgan fingerprint density at radius 2 is 2.00 bits per heavy atom. The topological polar surface area (TPSA) is 38.9 Å². The van der Waals surface area contributed by atoms with Gasteiger partial charge in [0, 0.05) is 5.39 Å². The second kappa shape index (κ2) is 2.69. The third-order valence-corrected chi connectivity index (χ3v) is 2.42. The van der Waals surface area contributed by atoms with Crippen molar-refractivity contribution < 1.29 is 4.42 Å². The highest BCUT2D eigenvalue weighted by molar-refractivity contribution is 6.36. The maximum atomic E-state index is 5.97. The van der Waals surface area contributed by atoms with Crippen LogP contribution in [0.5, 0.6) is 0 Å². The zero-order chi connectivity index (χ0) is 9.54. The summed E-state index contributed by atoms with van der Waals surface area (Å²) in [6.07, 6.45) is 1.40. The molecular formula is C10H5ClN2O. The number of benzene rings is 1. The van der Waals surface area contributed by atoms with E-state index in [1.165, 1.54) is 6.33 Å². The van der Waals surface area contributed by atoms with Gasteiger partial charge in [0.25, 0.3) is 0 Å². The lowest BCUT2D eigenvalue weighted by atomic mass is 10.2. The van der Waals surface area contributed by atoms with E-state index in [4.69, 9.17) is 16.0 Å². The first kappa shape index (κ1) is 7.76. The van der Waals surface area contributed by atoms with Crippen molar-refractivity contribution in [2.24, 2.45) is 0 Å². The van der Waals surface area contributed by atoms with E-state index < -0.39 is 0 Å². The minimum Gasteiger partial charge on any atom is -0.438 e. The molecule has 3 nitrogen and oxygen atoms in total. The lowest BCUT2D eigenvalue weighted by Gasteiger charge is -1.89. The Morgan fingerprint density at radius 1 is 1.14 bits per heavy atom. The van der Waals surface area contributed by atoms with Crippen molar-refractivity contribution >= 4 is 33.7 Å². The molecule has 14 heavy (non-hydrogen) atoms. The molecule has 0 atom stereocenters. The molecule has 0 unspecified atom stereocenters. The van der Waals surface area contributed by atoms with Crippen LogP contribution in [0.15, 0.2) is 35.0 Å². The average Bonchev–Trinajstić information content (AvgIpc) is 2.57. The predicted molar refractivity (Wildman–Crippen MR) is 54.3 cm³/mol. The smallest absolute Gasteiger partial charge is 0.231 e. The first-order valence-corrected chi connectivity index (χ1v) is 4.52. The van der Waals surface area contributed by atoms with Gasteiger partial charge in [-0.05, 0) is 6.07 Å². The minimum absolute atomic E-state index is 0.431. The van der Waals surface area contributed by atoms with Crippen molar-refractivity contribution in [3.05, 3.63) is 35.7 Å². The highest BCUT2D eigenvalue weighted by Crippen LogP contribution is 2.30. The van der Waals surface area contributed by atoms with Crippen LogP contribution in [0.25, 0.3) is 22.1 Å². The van der Waals surface area contributed by atoms with Gasteiger partial charge in [0.1, 0.15) is 17.1 Å². The normalized spacial score (nSPS) is 11.2. The monoisotopic (exact) mass is 204 g/mol. The van der Waals surface area contributed by atoms with Crippen molar-refractivity contribution in [3.63, 3.8) is 0 Å². The molecule has 0 amide bonds. The van der Waals surface area contributed by atoms with E-state index in [1.807, 2.05) is 24.3 Å². The van der Waals surface area contributed by atoms with Crippen LogP contribution in [-0.2, 0) is 0 Å². The van der Waals surface area contributed by atoms with Crippen LogP contribution in [0, 0.1) is 0 Å². The van der Waals surface area contributed by atoms with Crippen LogP contribution in [0.3, 0.4) is 0 Å². The van der Waals surface area contributed by atoms with Crippen molar-refractivity contribution in [1.82, 2.24) is 9.97 Å². The quantitative estimate of drug-likeness (QED) is 0.529. The summed E-state index contributed by atoms with van der Waals surface area (Å²) in [6.45, 7) is 0. The summed E-state index contributed by atoms with van der Waals surface area (Å²) < 4.78 is 5.50. The largest absolute Gasteiger partial charge is 0.438 e. The van der Waals surface area contributed by atoms with Gasteiger partial charge in [-0.1, -0.05) is 29.8 Å². The zero-order valence-electron chi connectivity index (χ0n) is 7.07. The second-order valence-electron chi connectivity index (χ2n) is 2.94. The third kappa shape index (κ3) is 0.930. The maximum absolute atomic E-state index is 5.97. The van der Waals surface area contributed by atoms with Gasteiger partial charge < -0.3 is 4.42 Å². The van der Waals surface area contributed by atoms with Crippen molar-refractivity contribution in [2.75, 3.05) is 0 Å². The van der Waals surface area contributed by atoms with Crippen LogP contribution in [0.4, 0.5) is 0 Å². The van der Waals surface area contributed by atoms with Gasteiger partial charge in [0.05, 0.1) is 5.39 Å². The number of nitrogens with zero attached hydrogens (tertiary/aromatic N) is 2. The van der Waals surface area contributed by atoms with E-state index in [0.29, 0.717) is 10.9 Å². The number of para-hydroxylation sites is 1. The first-order chi connectivity index (χ1) is 6.86. The molecule has 2 heterocycles. The molecule has 0 radical (unpaired) electrons. The summed E-state index contributed by atoms with van der Waals surface area (Å²) in [7, 11) is 0. The van der Waals surface area contributed by atoms with Crippen LogP contribution in [-0.4, -0.2) is 9.97 Å². The maximum Gasteiger partial charge on any atom is 0.231 e. The van der Waals surface area contributed by atoms with Gasteiger partial charge in [-0.25, -0.2) is 9.97 Å². The van der Waals surface area contributed by atoms with Crippen molar-refractivity contribution in [1.29, 1.82) is 0 Å². The molecule has 0 aliphatic heterocycles. The molecule has 0 spiro atoms. The van der Waals surface area contributed by atoms with Gasteiger partial charge in [-0.3, -0.25) is 0 Å². The number of fused-ring (bicyclic) bond motifs is 3. The Hall–Kier alpha value is -1.61. The predicted octanol–water partition coefficient (Wildman–Crippen LogP) is 3.03. The fraction of sp³-hybridized carbons (Fsp3) is 0. The molecule has 1 aromatic carbocycles. The average molecular weight is 205 g/mol. The summed E-state index contributed by atoms with van der Waals surface area (Å²) in [5.74, 6) is 0. The molecular weight excluding hydrogens is 200 g/mol. The molecule has 0 saturated heterocycles. The summed E-state index contributed by atoms with van der Waals surface area (Å²) >= 11 is 5.97. The summed E-state index contributed by atoms with van der Waals surface area (Å²) in [5, 5.41) is 2.16. The highest BCUT2D eigenvalue weighted by atomic mass is 35.5. The van der Waals surface area contributed by atoms with E-state index in [0.717, 1.165) is 16.4 Å². The molecule has 0 aliphatic carbocycles. The Balaban J connectivity index is 2.65. The molecule has 3 aromatic rings. The van der Waals surface area contributed by atoms with Crippen LogP contribution < -0.4 is 0 Å². The van der Waals surface area contributed by atoms with Gasteiger partial charge in [-0.15, -0.1) is 0 Å². The first-order valence-electron chi connectivity index (χ1n) is 4.14. The van der Waals surface area contributed by atoms with Gasteiger partial charge in [0.2, 0.25) is 5.71 Å². The molecule has 3 rings (SSSR count). The Labute approximate surface area is 84.3 Å². The summed E-state index contributed by atoms with van der Waals surface area (Å²) in [6, 6.07) is 7.66. The lowest BCUT2D eigenvalue weighted by Crippen LogP contribution is -1.78. The zero-order valence-corrected chi connectivity index (χ0v) is 7.82. The van der Waals surface area contributed by atoms with Crippen molar-refractivity contribution in [3.8, 4) is 0 Å². The molecule has 0 N–H and O–H groups in total. The second-order valence-corrected chi connectivity index (χ2v) is 3.30. The highest BCUT2D eigenvalue weighted by Gasteiger charge is 2.10. The molecule has 0 aliphatic rings. The van der Waals surface area contributed by atoms with E-state index in [-0.39, 0.29) is 0 Å². The lowest BCUT2D eigenvalue weighted by molar-refractivity contribution is 0.653. The number of halogens is 1. The number of hydrogen-bond donors (Lipinski definition) is 0. The molecule has 0 saturated carbocycles. The SMILES string of the molecule is Clc1ncnc2oc3ccccc3c12. The molecule has 4 heteroatoms. The van der Waals surface area contributed by atoms with E-state index >= 15 is 0 Å². The molecule has 0 bridgehead atoms. The van der Waals surface area contributed by atoms with Crippen molar-refractivity contribution in [2.45, 2.75) is 0 Å². The standard InChI is InChI=1S/C10H5ClN2O/c11-9-8-6-3-1-2-4-7(6)14-10(8)13-5-12-9/h1-5H. The van der Waals surface area contributed by atoms with Crippen LogP contribution in [0.1, 0.15) is 0 Å². The third-order valence-electron chi connectivity index (χ3n) is 2.13. The Kier molecular flexibility index (Phi) is 1.49. The minimum atomic E-state index is 0.431. The molecule has 68 valence electrons. The number of hydrogen-bond acceptors (Lipinski definition) is 3. The summed E-state index contributed by atoms with van der Waals surface area (Å²) in [4.78, 5) is 7.94. The number of furan rings is 1. The van der Waals surface area contributed by atoms with E-state index in [9.17, 15) is 0 Å². The van der Waals surface area contributed by atoms with Gasteiger partial charge in [0.15, 0.2) is 0 Å². The molecule has 2 aromatic heterocycles. The number of aromatic nitrogens is 2. The fourth-order valence-corrected chi connectivity index (χ4v) is 1.75. The van der Waals surface area contributed by atoms with E-state index in [2.05, 4.69) is 9.97 Å². The molecule has 0 fully saturated rings. The Morgan fingerprint density at radius 3 is 2.93 bits per heavy atom. The van der Waals surface area contributed by atoms with Crippen LogP contribution >= 0.6 is 11.6 Å². The van der Waals surface area contributed by atoms with Gasteiger partial charge in [-0.2, -0.15) is 0 Å². The summed E-state index contributed by atoms with van der Waals surface area (Å²) in [5.41, 5.74) is 1.32. The number of rotatable bonds is 0. The van der Waals surface area contributed by atoms with Crippen LogP contribution in [0.2, 0.25) is 5.15 Å². The Bertz CT molecular complexity index is 618. The van der Waals surface area contributed by atoms with E-state index in [1.54, 1.807) is 0 Å². The fourth-order valence-electron chi connectivity index (χ4n) is 1.52. The van der Waals surface area contributed by atoms with Gasteiger partial charge >= 0.3 is 0 Å².